The molecule has 0 aliphatic carbocycles. The zero-order chi connectivity index (χ0) is 8.10. The van der Waals surface area contributed by atoms with E-state index in [4.69, 9.17) is 5.84 Å². The van der Waals surface area contributed by atoms with Crippen molar-refractivity contribution in [1.82, 2.24) is 4.98 Å². The summed E-state index contributed by atoms with van der Waals surface area (Å²) in [6.45, 7) is 0. The van der Waals surface area contributed by atoms with Crippen LogP contribution in [0.15, 0.2) is 18.3 Å². The van der Waals surface area contributed by atoms with Gasteiger partial charge >= 0.3 is 0 Å². The van der Waals surface area contributed by atoms with Crippen LogP contribution < -0.4 is 11.3 Å². The molecule has 0 saturated heterocycles. The highest BCUT2D eigenvalue weighted by Gasteiger charge is 1.98. The molecule has 0 aromatic carbocycles. The molecule has 0 bridgehead atoms. The van der Waals surface area contributed by atoms with Crippen LogP contribution in [0.4, 0.5) is 5.82 Å². The van der Waals surface area contributed by atoms with Crippen molar-refractivity contribution < 1.29 is 0 Å². The third kappa shape index (κ3) is 2.10. The van der Waals surface area contributed by atoms with Crippen LogP contribution in [0.3, 0.4) is 0 Å². The maximum atomic E-state index is 5.26. The number of hydrogen-bond donors (Lipinski definition) is 2. The normalized spacial score (nSPS) is 9.64. The molecule has 11 heavy (non-hydrogen) atoms. The fraction of sp³-hybridized carbons (Fsp3) is 0.286. The Morgan fingerprint density at radius 1 is 1.73 bits per heavy atom. The maximum Gasteiger partial charge on any atom is 0.143 e. The summed E-state index contributed by atoms with van der Waals surface area (Å²) in [5, 5.41) is 0. The average Bonchev–Trinajstić information content (AvgIpc) is 2.06. The number of aromatic nitrogens is 1. The maximum absolute atomic E-state index is 5.26. The molecule has 0 saturated carbocycles. The number of nitrogens with one attached hydrogen (secondary N) is 1. The zero-order valence-corrected chi connectivity index (χ0v) is 7.19. The van der Waals surface area contributed by atoms with E-state index in [0.29, 0.717) is 0 Å². The zero-order valence-electron chi connectivity index (χ0n) is 6.37. The highest BCUT2D eigenvalue weighted by atomic mass is 32.2. The predicted molar refractivity (Wildman–Crippen MR) is 49.3 cm³/mol. The lowest BCUT2D eigenvalue weighted by molar-refractivity contribution is 1.18. The molecule has 4 heteroatoms. The summed E-state index contributed by atoms with van der Waals surface area (Å²) in [6, 6.07) is 3.92. The van der Waals surface area contributed by atoms with Crippen molar-refractivity contribution in [2.24, 2.45) is 5.84 Å². The van der Waals surface area contributed by atoms with E-state index in [1.807, 2.05) is 18.4 Å². The number of nitrogen functional groups attached to an aromatic ring is 1. The molecule has 0 amide bonds. The summed E-state index contributed by atoms with van der Waals surface area (Å²) < 4.78 is 0. The van der Waals surface area contributed by atoms with E-state index in [0.717, 1.165) is 17.1 Å². The van der Waals surface area contributed by atoms with Crippen LogP contribution in [-0.4, -0.2) is 11.2 Å². The van der Waals surface area contributed by atoms with Crippen molar-refractivity contribution in [1.29, 1.82) is 0 Å². The van der Waals surface area contributed by atoms with Crippen LogP contribution >= 0.6 is 11.8 Å². The Bertz CT molecular complexity index is 227. The first-order valence-corrected chi connectivity index (χ1v) is 4.67. The molecule has 0 fully saturated rings. The van der Waals surface area contributed by atoms with E-state index in [2.05, 4.69) is 10.4 Å². The van der Waals surface area contributed by atoms with Gasteiger partial charge in [0.1, 0.15) is 5.82 Å². The lowest BCUT2D eigenvalue weighted by Crippen LogP contribution is -2.10. The largest absolute Gasteiger partial charge is 0.308 e. The monoisotopic (exact) mass is 169 g/mol. The van der Waals surface area contributed by atoms with Crippen molar-refractivity contribution in [3.8, 4) is 0 Å². The number of nitrogens with two attached hydrogens (primary N) is 1. The molecule has 0 aliphatic heterocycles. The lowest BCUT2D eigenvalue weighted by Gasteiger charge is -2.04. The van der Waals surface area contributed by atoms with Crippen molar-refractivity contribution >= 4 is 17.6 Å². The Balaban J connectivity index is 2.83. The summed E-state index contributed by atoms with van der Waals surface area (Å²) in [5.41, 5.74) is 3.70. The standard InChI is InChI=1S/C7H11N3S/c1-11-5-6-3-2-4-9-7(6)10-8/h2-4H,5,8H2,1H3,(H,9,10). The van der Waals surface area contributed by atoms with Gasteiger partial charge in [0.15, 0.2) is 0 Å². The van der Waals surface area contributed by atoms with Gasteiger partial charge in [-0.2, -0.15) is 11.8 Å². The molecule has 0 unspecified atom stereocenters. The molecule has 0 aliphatic rings. The molecule has 1 heterocycles. The molecule has 1 rings (SSSR count). The number of thioether (sulfide) groups is 1. The number of hydrazine groups is 1. The third-order valence-corrected chi connectivity index (χ3v) is 1.93. The van der Waals surface area contributed by atoms with Gasteiger partial charge in [-0.05, 0) is 12.3 Å². The number of pyridine rings is 1. The minimum absolute atomic E-state index is 0.766. The third-order valence-electron chi connectivity index (χ3n) is 1.33. The highest BCUT2D eigenvalue weighted by Crippen LogP contribution is 2.15. The first-order valence-electron chi connectivity index (χ1n) is 3.28. The van der Waals surface area contributed by atoms with Gasteiger partial charge in [0.25, 0.3) is 0 Å². The first-order chi connectivity index (χ1) is 5.38. The average molecular weight is 169 g/mol. The second kappa shape index (κ2) is 4.20. The number of rotatable bonds is 3. The van der Waals surface area contributed by atoms with Crippen LogP contribution in [0.5, 0.6) is 0 Å². The Labute approximate surface area is 70.4 Å². The topological polar surface area (TPSA) is 50.9 Å². The molecule has 0 atom stereocenters. The van der Waals surface area contributed by atoms with Crippen LogP contribution in [0.25, 0.3) is 0 Å². The van der Waals surface area contributed by atoms with Crippen LogP contribution in [0, 0.1) is 0 Å². The quantitative estimate of drug-likeness (QED) is 0.528. The van der Waals surface area contributed by atoms with Crippen LogP contribution in [0.2, 0.25) is 0 Å². The van der Waals surface area contributed by atoms with E-state index in [1.165, 1.54) is 0 Å². The number of hydrogen-bond acceptors (Lipinski definition) is 4. The smallest absolute Gasteiger partial charge is 0.143 e. The van der Waals surface area contributed by atoms with Crippen molar-refractivity contribution in [3.05, 3.63) is 23.9 Å². The fourth-order valence-electron chi connectivity index (χ4n) is 0.841. The van der Waals surface area contributed by atoms with Gasteiger partial charge in [0.2, 0.25) is 0 Å². The summed E-state index contributed by atoms with van der Waals surface area (Å²) in [4.78, 5) is 4.07. The summed E-state index contributed by atoms with van der Waals surface area (Å²) >= 11 is 1.75. The molecular formula is C7H11N3S. The van der Waals surface area contributed by atoms with E-state index in [-0.39, 0.29) is 0 Å². The van der Waals surface area contributed by atoms with Gasteiger partial charge in [-0.1, -0.05) is 6.07 Å². The SMILES string of the molecule is CSCc1cccnc1NN. The van der Waals surface area contributed by atoms with E-state index in [9.17, 15) is 0 Å². The van der Waals surface area contributed by atoms with Gasteiger partial charge in [-0.15, -0.1) is 0 Å². The predicted octanol–water partition coefficient (Wildman–Crippen LogP) is 1.23. The Hall–Kier alpha value is -0.740. The fourth-order valence-corrected chi connectivity index (χ4v) is 1.38. The van der Waals surface area contributed by atoms with Crippen LogP contribution in [0.1, 0.15) is 5.56 Å². The Morgan fingerprint density at radius 3 is 3.18 bits per heavy atom. The van der Waals surface area contributed by atoms with Crippen LogP contribution in [-0.2, 0) is 5.75 Å². The highest BCUT2D eigenvalue weighted by molar-refractivity contribution is 7.97. The van der Waals surface area contributed by atoms with Gasteiger partial charge in [-0.25, -0.2) is 10.8 Å². The minimum Gasteiger partial charge on any atom is -0.308 e. The van der Waals surface area contributed by atoms with E-state index < -0.39 is 0 Å². The molecule has 0 spiro atoms. The summed E-state index contributed by atoms with van der Waals surface area (Å²) in [7, 11) is 0. The minimum atomic E-state index is 0.766. The Kier molecular flexibility index (Phi) is 3.19. The number of anilines is 1. The Morgan fingerprint density at radius 2 is 2.55 bits per heavy atom. The molecule has 60 valence electrons. The van der Waals surface area contributed by atoms with E-state index in [1.54, 1.807) is 18.0 Å². The molecule has 0 radical (unpaired) electrons. The molecular weight excluding hydrogens is 158 g/mol. The van der Waals surface area contributed by atoms with Gasteiger partial charge in [-0.3, -0.25) is 0 Å². The van der Waals surface area contributed by atoms with Crippen molar-refractivity contribution in [2.45, 2.75) is 5.75 Å². The number of nitrogens with zero attached hydrogens (tertiary/aromatic N) is 1. The van der Waals surface area contributed by atoms with Gasteiger partial charge in [0, 0.05) is 17.5 Å². The second-order valence-electron chi connectivity index (χ2n) is 2.09. The van der Waals surface area contributed by atoms with E-state index >= 15 is 0 Å². The lowest BCUT2D eigenvalue weighted by atomic mass is 10.3. The summed E-state index contributed by atoms with van der Waals surface area (Å²) in [6.07, 6.45) is 3.77. The molecule has 3 nitrogen and oxygen atoms in total. The molecule has 1 aromatic rings. The molecule has 1 aromatic heterocycles. The van der Waals surface area contributed by atoms with Gasteiger partial charge in [0.05, 0.1) is 0 Å². The second-order valence-corrected chi connectivity index (χ2v) is 2.95. The van der Waals surface area contributed by atoms with Gasteiger partial charge < -0.3 is 5.43 Å². The van der Waals surface area contributed by atoms with Crippen molar-refractivity contribution in [2.75, 3.05) is 11.7 Å². The summed E-state index contributed by atoms with van der Waals surface area (Å²) in [5.74, 6) is 6.96. The van der Waals surface area contributed by atoms with Crippen molar-refractivity contribution in [3.63, 3.8) is 0 Å². The first kappa shape index (κ1) is 8.36. The molecule has 3 N–H and O–H groups in total.